The standard InChI is InChI=1S/C29H22Cl2N2O3/c1-3-36-29(35)25-24(18-9-5-4-6-10-18)22-15-21(30)12-13-23(22)33(28(25)34)16-20-14-19-11-7-8-17(2)26(19)32-27(20)31/h4-15H,3,16H2,1-2H3. The third-order valence-electron chi connectivity index (χ3n) is 6.17. The van der Waals surface area contributed by atoms with Gasteiger partial charge in [0.15, 0.2) is 0 Å². The Labute approximate surface area is 217 Å². The second-order valence-electron chi connectivity index (χ2n) is 8.47. The molecule has 2 heterocycles. The first-order valence-corrected chi connectivity index (χ1v) is 12.3. The summed E-state index contributed by atoms with van der Waals surface area (Å²) in [5, 5.41) is 2.37. The molecule has 0 spiro atoms. The fourth-order valence-electron chi connectivity index (χ4n) is 4.53. The molecule has 5 nitrogen and oxygen atoms in total. The van der Waals surface area contributed by atoms with Crippen LogP contribution in [0.4, 0.5) is 0 Å². The van der Waals surface area contributed by atoms with Crippen LogP contribution in [0.3, 0.4) is 0 Å². The van der Waals surface area contributed by atoms with E-state index in [9.17, 15) is 9.59 Å². The van der Waals surface area contributed by atoms with Gasteiger partial charge in [-0.3, -0.25) is 4.79 Å². The predicted octanol–water partition coefficient (Wildman–Crippen LogP) is 7.06. The summed E-state index contributed by atoms with van der Waals surface area (Å²) in [4.78, 5) is 31.7. The van der Waals surface area contributed by atoms with Crippen LogP contribution in [-0.2, 0) is 11.3 Å². The molecule has 0 aliphatic heterocycles. The average molecular weight is 517 g/mol. The third-order valence-corrected chi connectivity index (χ3v) is 6.73. The zero-order chi connectivity index (χ0) is 25.4. The summed E-state index contributed by atoms with van der Waals surface area (Å²) >= 11 is 13.0. The Morgan fingerprint density at radius 3 is 2.53 bits per heavy atom. The lowest BCUT2D eigenvalue weighted by Gasteiger charge is -2.18. The molecule has 7 heteroatoms. The Kier molecular flexibility index (Phi) is 6.52. The van der Waals surface area contributed by atoms with Crippen molar-refractivity contribution in [2.24, 2.45) is 0 Å². The normalized spacial score (nSPS) is 11.2. The number of carbonyl (C=O) groups is 1. The third kappa shape index (κ3) is 4.25. The minimum absolute atomic E-state index is 0.0430. The average Bonchev–Trinajstić information content (AvgIpc) is 2.87. The van der Waals surface area contributed by atoms with Crippen molar-refractivity contribution in [2.45, 2.75) is 20.4 Å². The molecule has 0 unspecified atom stereocenters. The van der Waals surface area contributed by atoms with Crippen molar-refractivity contribution in [1.82, 2.24) is 9.55 Å². The van der Waals surface area contributed by atoms with Crippen molar-refractivity contribution < 1.29 is 9.53 Å². The van der Waals surface area contributed by atoms with Gasteiger partial charge < -0.3 is 9.30 Å². The number of esters is 1. The van der Waals surface area contributed by atoms with E-state index in [-0.39, 0.29) is 18.7 Å². The van der Waals surface area contributed by atoms with E-state index in [1.165, 1.54) is 4.57 Å². The number of para-hydroxylation sites is 1. The first kappa shape index (κ1) is 24.0. The number of rotatable bonds is 5. The van der Waals surface area contributed by atoms with Crippen molar-refractivity contribution in [3.63, 3.8) is 0 Å². The summed E-state index contributed by atoms with van der Waals surface area (Å²) in [5.74, 6) is -0.685. The molecule has 5 rings (SSSR count). The molecule has 0 bridgehead atoms. The number of fused-ring (bicyclic) bond motifs is 2. The maximum Gasteiger partial charge on any atom is 0.344 e. The van der Waals surface area contributed by atoms with Crippen LogP contribution in [0.2, 0.25) is 10.2 Å². The van der Waals surface area contributed by atoms with Gasteiger partial charge in [0.05, 0.1) is 24.2 Å². The van der Waals surface area contributed by atoms with Crippen LogP contribution in [0.25, 0.3) is 32.9 Å². The Morgan fingerprint density at radius 1 is 1.00 bits per heavy atom. The van der Waals surface area contributed by atoms with Gasteiger partial charge in [0.2, 0.25) is 0 Å². The number of nitrogens with zero attached hydrogens (tertiary/aromatic N) is 2. The molecule has 0 saturated carbocycles. The lowest BCUT2D eigenvalue weighted by atomic mass is 9.95. The summed E-state index contributed by atoms with van der Waals surface area (Å²) in [7, 11) is 0. The molecule has 5 aromatic rings. The molecular weight excluding hydrogens is 495 g/mol. The van der Waals surface area contributed by atoms with E-state index < -0.39 is 11.5 Å². The molecule has 180 valence electrons. The molecular formula is C29H22Cl2N2O3. The molecule has 0 N–H and O–H groups in total. The predicted molar refractivity (Wildman–Crippen MR) is 145 cm³/mol. The highest BCUT2D eigenvalue weighted by Crippen LogP contribution is 2.33. The van der Waals surface area contributed by atoms with Gasteiger partial charge in [-0.15, -0.1) is 0 Å². The first-order valence-electron chi connectivity index (χ1n) is 11.5. The van der Waals surface area contributed by atoms with Crippen LogP contribution in [0, 0.1) is 6.92 Å². The number of carbonyl (C=O) groups excluding carboxylic acids is 1. The van der Waals surface area contributed by atoms with Gasteiger partial charge in [-0.1, -0.05) is 71.7 Å². The van der Waals surface area contributed by atoms with Crippen molar-refractivity contribution in [3.05, 3.63) is 110 Å². The van der Waals surface area contributed by atoms with Gasteiger partial charge in [0.1, 0.15) is 10.7 Å². The van der Waals surface area contributed by atoms with Crippen LogP contribution >= 0.6 is 23.2 Å². The van der Waals surface area contributed by atoms with E-state index in [2.05, 4.69) is 4.98 Å². The summed E-state index contributed by atoms with van der Waals surface area (Å²) in [6.07, 6.45) is 0. The Bertz CT molecular complexity index is 1700. The summed E-state index contributed by atoms with van der Waals surface area (Å²) < 4.78 is 6.86. The molecule has 0 fully saturated rings. The van der Waals surface area contributed by atoms with Crippen LogP contribution < -0.4 is 5.56 Å². The van der Waals surface area contributed by atoms with Gasteiger partial charge >= 0.3 is 5.97 Å². The minimum atomic E-state index is -0.685. The Morgan fingerprint density at radius 2 is 1.78 bits per heavy atom. The van der Waals surface area contributed by atoms with E-state index in [4.69, 9.17) is 27.9 Å². The number of pyridine rings is 2. The number of halogens is 2. The number of aryl methyl sites for hydroxylation is 1. The van der Waals surface area contributed by atoms with E-state index in [0.29, 0.717) is 32.2 Å². The smallest absolute Gasteiger partial charge is 0.344 e. The SMILES string of the molecule is CCOC(=O)c1c(-c2ccccc2)c2cc(Cl)ccc2n(Cc2cc3cccc(C)c3nc2Cl)c1=O. The highest BCUT2D eigenvalue weighted by atomic mass is 35.5. The molecule has 0 saturated heterocycles. The summed E-state index contributed by atoms with van der Waals surface area (Å²) in [6.45, 7) is 3.94. The molecule has 0 aliphatic carbocycles. The van der Waals surface area contributed by atoms with Crippen LogP contribution in [0.5, 0.6) is 0 Å². The monoisotopic (exact) mass is 516 g/mol. The molecule has 0 amide bonds. The van der Waals surface area contributed by atoms with Gasteiger partial charge in [-0.2, -0.15) is 0 Å². The van der Waals surface area contributed by atoms with Crippen LogP contribution in [-0.4, -0.2) is 22.1 Å². The first-order chi connectivity index (χ1) is 17.4. The molecule has 0 atom stereocenters. The van der Waals surface area contributed by atoms with Gasteiger partial charge in [0.25, 0.3) is 5.56 Å². The molecule has 36 heavy (non-hydrogen) atoms. The number of hydrogen-bond acceptors (Lipinski definition) is 4. The molecule has 0 radical (unpaired) electrons. The lowest BCUT2D eigenvalue weighted by Crippen LogP contribution is -2.29. The zero-order valence-corrected chi connectivity index (χ0v) is 21.2. The second kappa shape index (κ2) is 9.76. The number of benzene rings is 3. The minimum Gasteiger partial charge on any atom is -0.462 e. The maximum absolute atomic E-state index is 14.0. The van der Waals surface area contributed by atoms with E-state index in [0.717, 1.165) is 22.0 Å². The van der Waals surface area contributed by atoms with Gasteiger partial charge in [-0.25, -0.2) is 9.78 Å². The van der Waals surface area contributed by atoms with Crippen molar-refractivity contribution in [2.75, 3.05) is 6.61 Å². The number of aromatic nitrogens is 2. The van der Waals surface area contributed by atoms with Crippen molar-refractivity contribution >= 4 is 51.0 Å². The molecule has 3 aromatic carbocycles. The van der Waals surface area contributed by atoms with Crippen molar-refractivity contribution in [3.8, 4) is 11.1 Å². The lowest BCUT2D eigenvalue weighted by molar-refractivity contribution is 0.0525. The Hall–Kier alpha value is -3.67. The topological polar surface area (TPSA) is 61.2 Å². The van der Waals surface area contributed by atoms with Gasteiger partial charge in [-0.05, 0) is 49.2 Å². The largest absolute Gasteiger partial charge is 0.462 e. The summed E-state index contributed by atoms with van der Waals surface area (Å²) in [6, 6.07) is 22.4. The highest BCUT2D eigenvalue weighted by molar-refractivity contribution is 6.31. The fraction of sp³-hybridized carbons (Fsp3) is 0.138. The quantitative estimate of drug-likeness (QED) is 0.185. The second-order valence-corrected chi connectivity index (χ2v) is 9.27. The van der Waals surface area contributed by atoms with E-state index in [1.54, 1.807) is 25.1 Å². The van der Waals surface area contributed by atoms with Gasteiger partial charge in [0, 0.05) is 26.9 Å². The summed E-state index contributed by atoms with van der Waals surface area (Å²) in [5.41, 5.74) is 3.80. The van der Waals surface area contributed by atoms with E-state index >= 15 is 0 Å². The highest BCUT2D eigenvalue weighted by Gasteiger charge is 2.25. The van der Waals surface area contributed by atoms with Crippen LogP contribution in [0.15, 0.2) is 77.6 Å². The number of hydrogen-bond donors (Lipinski definition) is 0. The fourth-order valence-corrected chi connectivity index (χ4v) is 4.90. The molecule has 0 aliphatic rings. The van der Waals surface area contributed by atoms with Crippen LogP contribution in [0.1, 0.15) is 28.4 Å². The van der Waals surface area contributed by atoms with E-state index in [1.807, 2.05) is 61.5 Å². The van der Waals surface area contributed by atoms with Crippen molar-refractivity contribution in [1.29, 1.82) is 0 Å². The zero-order valence-electron chi connectivity index (χ0n) is 19.7. The Balaban J connectivity index is 1.82. The molecule has 2 aromatic heterocycles. The maximum atomic E-state index is 14.0. The number of ether oxygens (including phenoxy) is 1.